The lowest BCUT2D eigenvalue weighted by Gasteiger charge is -2.09. The molecule has 22 heavy (non-hydrogen) atoms. The molecule has 6 heteroatoms. The van der Waals surface area contributed by atoms with Crippen LogP contribution in [-0.4, -0.2) is 25.0 Å². The minimum Gasteiger partial charge on any atom is -0.459 e. The molecule has 3 amide bonds. The van der Waals surface area contributed by atoms with Crippen molar-refractivity contribution < 1.29 is 14.0 Å². The van der Waals surface area contributed by atoms with Gasteiger partial charge in [0, 0.05) is 19.6 Å². The van der Waals surface area contributed by atoms with E-state index in [4.69, 9.17) is 4.42 Å². The Morgan fingerprint density at radius 1 is 1.00 bits per heavy atom. The van der Waals surface area contributed by atoms with Gasteiger partial charge in [-0.3, -0.25) is 4.79 Å². The molecule has 0 fully saturated rings. The Kier molecular flexibility index (Phi) is 5.59. The van der Waals surface area contributed by atoms with Gasteiger partial charge < -0.3 is 20.4 Å². The van der Waals surface area contributed by atoms with Gasteiger partial charge >= 0.3 is 6.03 Å². The molecule has 1 aromatic heterocycles. The molecule has 0 spiro atoms. The summed E-state index contributed by atoms with van der Waals surface area (Å²) in [5.41, 5.74) is 2.21. The van der Waals surface area contributed by atoms with Crippen molar-refractivity contribution in [1.29, 1.82) is 0 Å². The molecule has 0 radical (unpaired) electrons. The van der Waals surface area contributed by atoms with Crippen molar-refractivity contribution >= 4 is 11.9 Å². The fourth-order valence-corrected chi connectivity index (χ4v) is 1.89. The second-order valence-electron chi connectivity index (χ2n) is 4.77. The molecule has 2 rings (SSSR count). The van der Waals surface area contributed by atoms with E-state index in [0.29, 0.717) is 19.6 Å². The number of nitrogens with one attached hydrogen (secondary N) is 3. The van der Waals surface area contributed by atoms with Crippen LogP contribution in [-0.2, 0) is 6.54 Å². The first kappa shape index (κ1) is 15.6. The molecule has 0 aliphatic heterocycles. The summed E-state index contributed by atoms with van der Waals surface area (Å²) >= 11 is 0. The van der Waals surface area contributed by atoms with Crippen molar-refractivity contribution in [3.05, 3.63) is 59.5 Å². The third kappa shape index (κ3) is 4.66. The molecule has 0 bridgehead atoms. The average molecular weight is 301 g/mol. The molecule has 1 aromatic carbocycles. The third-order valence-corrected chi connectivity index (χ3v) is 3.14. The van der Waals surface area contributed by atoms with Crippen LogP contribution in [0.3, 0.4) is 0 Å². The highest BCUT2D eigenvalue weighted by atomic mass is 16.3. The molecule has 3 N–H and O–H groups in total. The van der Waals surface area contributed by atoms with Gasteiger partial charge in [0.05, 0.1) is 6.26 Å². The van der Waals surface area contributed by atoms with Gasteiger partial charge in [-0.25, -0.2) is 4.79 Å². The van der Waals surface area contributed by atoms with Gasteiger partial charge in [0.25, 0.3) is 5.91 Å². The molecule has 0 aliphatic carbocycles. The summed E-state index contributed by atoms with van der Waals surface area (Å²) in [4.78, 5) is 23.2. The summed E-state index contributed by atoms with van der Waals surface area (Å²) in [6.07, 6.45) is 1.44. The molecule has 0 saturated heterocycles. The Morgan fingerprint density at radius 2 is 1.77 bits per heavy atom. The van der Waals surface area contributed by atoms with Crippen molar-refractivity contribution in [2.45, 2.75) is 13.5 Å². The van der Waals surface area contributed by atoms with Gasteiger partial charge in [-0.05, 0) is 30.2 Å². The Bertz CT molecular complexity index is 623. The molecule has 0 unspecified atom stereocenters. The molecule has 0 aliphatic rings. The lowest BCUT2D eigenvalue weighted by atomic mass is 10.1. The van der Waals surface area contributed by atoms with E-state index in [1.165, 1.54) is 6.26 Å². The Morgan fingerprint density at radius 3 is 2.50 bits per heavy atom. The predicted octanol–water partition coefficient (Wildman–Crippen LogP) is 1.82. The summed E-state index contributed by atoms with van der Waals surface area (Å²) in [7, 11) is 0. The summed E-state index contributed by atoms with van der Waals surface area (Å²) < 4.78 is 4.96. The van der Waals surface area contributed by atoms with Gasteiger partial charge in [0.15, 0.2) is 5.76 Å². The molecule has 0 saturated carbocycles. The van der Waals surface area contributed by atoms with Gasteiger partial charge in [-0.1, -0.05) is 24.3 Å². The summed E-state index contributed by atoms with van der Waals surface area (Å²) in [6, 6.07) is 10.8. The van der Waals surface area contributed by atoms with E-state index in [9.17, 15) is 9.59 Å². The van der Waals surface area contributed by atoms with Crippen LogP contribution in [0.2, 0.25) is 0 Å². The smallest absolute Gasteiger partial charge is 0.315 e. The number of hydrogen-bond donors (Lipinski definition) is 3. The monoisotopic (exact) mass is 301 g/mol. The second kappa shape index (κ2) is 7.87. The predicted molar refractivity (Wildman–Crippen MR) is 82.5 cm³/mol. The second-order valence-corrected chi connectivity index (χ2v) is 4.77. The molecule has 2 aromatic rings. The zero-order chi connectivity index (χ0) is 15.8. The van der Waals surface area contributed by atoms with E-state index in [2.05, 4.69) is 16.0 Å². The summed E-state index contributed by atoms with van der Waals surface area (Å²) in [5, 5.41) is 8.10. The van der Waals surface area contributed by atoms with E-state index in [1.54, 1.807) is 12.1 Å². The zero-order valence-electron chi connectivity index (χ0n) is 12.4. The molecule has 116 valence electrons. The number of aryl methyl sites for hydroxylation is 1. The number of amides is 3. The normalized spacial score (nSPS) is 10.0. The van der Waals surface area contributed by atoms with Crippen LogP contribution in [0.1, 0.15) is 21.7 Å². The highest BCUT2D eigenvalue weighted by molar-refractivity contribution is 5.91. The van der Waals surface area contributed by atoms with Crippen LogP contribution in [0.5, 0.6) is 0 Å². The zero-order valence-corrected chi connectivity index (χ0v) is 12.4. The number of urea groups is 1. The third-order valence-electron chi connectivity index (χ3n) is 3.14. The Labute approximate surface area is 128 Å². The van der Waals surface area contributed by atoms with Crippen LogP contribution < -0.4 is 16.0 Å². The van der Waals surface area contributed by atoms with Gasteiger partial charge in [0.2, 0.25) is 0 Å². The van der Waals surface area contributed by atoms with E-state index in [0.717, 1.165) is 11.1 Å². The van der Waals surface area contributed by atoms with Crippen molar-refractivity contribution in [3.8, 4) is 0 Å². The molecular weight excluding hydrogens is 282 g/mol. The number of hydrogen-bond acceptors (Lipinski definition) is 3. The van der Waals surface area contributed by atoms with Crippen LogP contribution in [0.25, 0.3) is 0 Å². The first-order valence-corrected chi connectivity index (χ1v) is 7.04. The molecular formula is C16H19N3O3. The van der Waals surface area contributed by atoms with Crippen LogP contribution in [0.4, 0.5) is 4.79 Å². The fraction of sp³-hybridized carbons (Fsp3) is 0.250. The lowest BCUT2D eigenvalue weighted by Crippen LogP contribution is -2.40. The average Bonchev–Trinajstić information content (AvgIpc) is 3.05. The van der Waals surface area contributed by atoms with E-state index in [1.807, 2.05) is 31.2 Å². The highest BCUT2D eigenvalue weighted by Crippen LogP contribution is 2.05. The molecule has 0 atom stereocenters. The Balaban J connectivity index is 1.62. The van der Waals surface area contributed by atoms with Crippen molar-refractivity contribution in [3.63, 3.8) is 0 Å². The maximum absolute atomic E-state index is 11.6. The molecule has 6 nitrogen and oxygen atoms in total. The number of rotatable bonds is 6. The van der Waals surface area contributed by atoms with Crippen molar-refractivity contribution in [2.24, 2.45) is 0 Å². The fourth-order valence-electron chi connectivity index (χ4n) is 1.89. The maximum atomic E-state index is 11.6. The van der Waals surface area contributed by atoms with Crippen molar-refractivity contribution in [1.82, 2.24) is 16.0 Å². The summed E-state index contributed by atoms with van der Waals surface area (Å²) in [5.74, 6) is -0.0453. The Hall–Kier alpha value is -2.76. The van der Waals surface area contributed by atoms with Crippen molar-refractivity contribution in [2.75, 3.05) is 13.1 Å². The minimum atomic E-state index is -0.299. The van der Waals surface area contributed by atoms with Gasteiger partial charge in [-0.15, -0.1) is 0 Å². The lowest BCUT2D eigenvalue weighted by molar-refractivity contribution is 0.0926. The number of benzene rings is 1. The van der Waals surface area contributed by atoms with E-state index in [-0.39, 0.29) is 17.7 Å². The molecule has 1 heterocycles. The first-order valence-electron chi connectivity index (χ1n) is 7.04. The number of carbonyl (C=O) groups excluding carboxylic acids is 2. The standard InChI is InChI=1S/C16H19N3O3/c1-12-5-2-3-6-13(12)11-19-16(21)18-9-8-17-15(20)14-7-4-10-22-14/h2-7,10H,8-9,11H2,1H3,(H,17,20)(H2,18,19,21). The summed E-state index contributed by atoms with van der Waals surface area (Å²) in [6.45, 7) is 3.14. The largest absolute Gasteiger partial charge is 0.459 e. The quantitative estimate of drug-likeness (QED) is 0.712. The number of furan rings is 1. The maximum Gasteiger partial charge on any atom is 0.315 e. The van der Waals surface area contributed by atoms with Crippen LogP contribution in [0.15, 0.2) is 47.1 Å². The van der Waals surface area contributed by atoms with Gasteiger partial charge in [-0.2, -0.15) is 0 Å². The topological polar surface area (TPSA) is 83.4 Å². The highest BCUT2D eigenvalue weighted by Gasteiger charge is 2.07. The SMILES string of the molecule is Cc1ccccc1CNC(=O)NCCNC(=O)c1ccco1. The van der Waals surface area contributed by atoms with Crippen LogP contribution >= 0.6 is 0 Å². The number of carbonyl (C=O) groups is 2. The van der Waals surface area contributed by atoms with E-state index < -0.39 is 0 Å². The van der Waals surface area contributed by atoms with Gasteiger partial charge in [0.1, 0.15) is 0 Å². The van der Waals surface area contributed by atoms with Crippen LogP contribution in [0, 0.1) is 6.92 Å². The van der Waals surface area contributed by atoms with E-state index >= 15 is 0 Å². The minimum absolute atomic E-state index is 0.254. The first-order chi connectivity index (χ1) is 10.7.